The Morgan fingerprint density at radius 1 is 1.25 bits per heavy atom. The lowest BCUT2D eigenvalue weighted by molar-refractivity contribution is 0.378. The first-order valence-corrected chi connectivity index (χ1v) is 5.03. The SMILES string of the molecule is CC(C)=C(C)/C(O)=C/P(=O)(O)O. The molecule has 0 radical (unpaired) electrons. The van der Waals surface area contributed by atoms with Gasteiger partial charge >= 0.3 is 7.60 Å². The average molecular weight is 192 g/mol. The van der Waals surface area contributed by atoms with Crippen LogP contribution in [0.5, 0.6) is 0 Å². The summed E-state index contributed by atoms with van der Waals surface area (Å²) in [5.74, 6) is 0.193. The Morgan fingerprint density at radius 3 is 1.92 bits per heavy atom. The van der Waals surface area contributed by atoms with Gasteiger partial charge in [0.05, 0.1) is 5.82 Å². The molecule has 0 amide bonds. The molecule has 70 valence electrons. The predicted octanol–water partition coefficient (Wildman–Crippen LogP) is 1.92. The average Bonchev–Trinajstić information content (AvgIpc) is 1.82. The van der Waals surface area contributed by atoms with Gasteiger partial charge in [-0.15, -0.1) is 0 Å². The lowest BCUT2D eigenvalue weighted by Crippen LogP contribution is -1.87. The van der Waals surface area contributed by atoms with Gasteiger partial charge in [-0.05, 0) is 26.3 Å². The third-order valence-corrected chi connectivity index (χ3v) is 2.01. The molecule has 3 N–H and O–H groups in total. The molecule has 0 saturated heterocycles. The highest BCUT2D eigenvalue weighted by Gasteiger charge is 2.11. The number of allylic oxidation sites excluding steroid dienone is 2. The first kappa shape index (κ1) is 11.4. The highest BCUT2D eigenvalue weighted by Crippen LogP contribution is 2.38. The molecule has 0 bridgehead atoms. The zero-order valence-corrected chi connectivity index (χ0v) is 8.17. The largest absolute Gasteiger partial charge is 0.507 e. The van der Waals surface area contributed by atoms with Gasteiger partial charge in [0.1, 0.15) is 5.76 Å². The van der Waals surface area contributed by atoms with Crippen LogP contribution in [0.1, 0.15) is 20.8 Å². The Bertz CT molecular complexity index is 267. The molecule has 0 fully saturated rings. The molecule has 0 aromatic heterocycles. The zero-order chi connectivity index (χ0) is 9.94. The standard InChI is InChI=1S/C7H13O4P/c1-5(2)6(3)7(8)4-12(9,10)11/h4,8H,1-3H3,(H2,9,10,11)/b7-4-. The molecule has 0 saturated carbocycles. The summed E-state index contributed by atoms with van der Waals surface area (Å²) in [4.78, 5) is 16.9. The maximum atomic E-state index is 10.4. The summed E-state index contributed by atoms with van der Waals surface area (Å²) in [6.45, 7) is 5.09. The third kappa shape index (κ3) is 4.34. The zero-order valence-electron chi connectivity index (χ0n) is 7.27. The van der Waals surface area contributed by atoms with Crippen LogP contribution in [0, 0.1) is 0 Å². The Morgan fingerprint density at radius 2 is 1.67 bits per heavy atom. The number of hydrogen-bond acceptors (Lipinski definition) is 2. The first-order chi connectivity index (χ1) is 5.24. The van der Waals surface area contributed by atoms with Crippen LogP contribution in [-0.4, -0.2) is 14.9 Å². The van der Waals surface area contributed by atoms with E-state index in [4.69, 9.17) is 14.9 Å². The predicted molar refractivity (Wildman–Crippen MR) is 46.8 cm³/mol. The summed E-state index contributed by atoms with van der Waals surface area (Å²) < 4.78 is 10.4. The fraction of sp³-hybridized carbons (Fsp3) is 0.429. The van der Waals surface area contributed by atoms with Crippen molar-refractivity contribution in [2.24, 2.45) is 0 Å². The topological polar surface area (TPSA) is 77.8 Å². The molecule has 12 heavy (non-hydrogen) atoms. The van der Waals surface area contributed by atoms with Gasteiger partial charge < -0.3 is 14.9 Å². The van der Waals surface area contributed by atoms with Gasteiger partial charge in [0.15, 0.2) is 0 Å². The molecule has 0 rings (SSSR count). The van der Waals surface area contributed by atoms with Crippen molar-refractivity contribution in [3.8, 4) is 0 Å². The number of aliphatic hydroxyl groups is 1. The van der Waals surface area contributed by atoms with E-state index in [1.807, 2.05) is 0 Å². The molecule has 5 heteroatoms. The molecular weight excluding hydrogens is 179 g/mol. The van der Waals surface area contributed by atoms with Crippen molar-refractivity contribution in [2.75, 3.05) is 0 Å². The van der Waals surface area contributed by atoms with Crippen LogP contribution in [0.3, 0.4) is 0 Å². The minimum atomic E-state index is -4.26. The Kier molecular flexibility index (Phi) is 3.71. The van der Waals surface area contributed by atoms with E-state index in [1.165, 1.54) is 0 Å². The van der Waals surface area contributed by atoms with Crippen molar-refractivity contribution < 1.29 is 19.5 Å². The Balaban J connectivity index is 4.86. The van der Waals surface area contributed by atoms with Crippen LogP contribution < -0.4 is 0 Å². The molecule has 0 aliphatic carbocycles. The van der Waals surface area contributed by atoms with Gasteiger partial charge in [0, 0.05) is 0 Å². The van der Waals surface area contributed by atoms with E-state index in [1.54, 1.807) is 20.8 Å². The van der Waals surface area contributed by atoms with Crippen LogP contribution in [0.15, 0.2) is 22.7 Å². The second-order valence-corrected chi connectivity index (χ2v) is 4.16. The quantitative estimate of drug-likeness (QED) is 0.355. The van der Waals surface area contributed by atoms with E-state index in [9.17, 15) is 4.57 Å². The van der Waals surface area contributed by atoms with E-state index < -0.39 is 7.60 Å². The van der Waals surface area contributed by atoms with Crippen LogP contribution in [0.25, 0.3) is 0 Å². The van der Waals surface area contributed by atoms with E-state index in [0.717, 1.165) is 5.57 Å². The van der Waals surface area contributed by atoms with Crippen LogP contribution in [-0.2, 0) is 4.57 Å². The van der Waals surface area contributed by atoms with E-state index in [-0.39, 0.29) is 5.76 Å². The fourth-order valence-electron chi connectivity index (χ4n) is 0.512. The molecule has 0 unspecified atom stereocenters. The number of aliphatic hydroxyl groups excluding tert-OH is 1. The van der Waals surface area contributed by atoms with Gasteiger partial charge in [-0.1, -0.05) is 5.57 Å². The number of rotatable bonds is 2. The normalized spacial score (nSPS) is 12.9. The van der Waals surface area contributed by atoms with Crippen molar-refractivity contribution in [1.29, 1.82) is 0 Å². The molecule has 0 aliphatic rings. The highest BCUT2D eigenvalue weighted by atomic mass is 31.2. The van der Waals surface area contributed by atoms with Crippen LogP contribution in [0.4, 0.5) is 0 Å². The van der Waals surface area contributed by atoms with Crippen LogP contribution >= 0.6 is 7.60 Å². The van der Waals surface area contributed by atoms with Gasteiger partial charge in [-0.2, -0.15) is 0 Å². The lowest BCUT2D eigenvalue weighted by Gasteiger charge is -2.03. The van der Waals surface area contributed by atoms with Crippen molar-refractivity contribution in [1.82, 2.24) is 0 Å². The molecule has 0 aromatic rings. The van der Waals surface area contributed by atoms with E-state index in [0.29, 0.717) is 11.4 Å². The number of hydrogen-bond donors (Lipinski definition) is 3. The monoisotopic (exact) mass is 192 g/mol. The maximum Gasteiger partial charge on any atom is 0.352 e. The summed E-state index contributed by atoms with van der Waals surface area (Å²) in [5, 5.41) is 9.13. The summed E-state index contributed by atoms with van der Waals surface area (Å²) in [5.41, 5.74) is 1.30. The molecule has 0 aromatic carbocycles. The molecule has 0 heterocycles. The Labute approximate surface area is 71.4 Å². The smallest absolute Gasteiger partial charge is 0.352 e. The molecular formula is C7H13O4P. The van der Waals surface area contributed by atoms with Gasteiger partial charge in [0.2, 0.25) is 0 Å². The second-order valence-electron chi connectivity index (χ2n) is 2.73. The van der Waals surface area contributed by atoms with E-state index >= 15 is 0 Å². The van der Waals surface area contributed by atoms with Gasteiger partial charge in [0.25, 0.3) is 0 Å². The molecule has 0 spiro atoms. The van der Waals surface area contributed by atoms with Crippen molar-refractivity contribution in [3.05, 3.63) is 22.7 Å². The summed E-state index contributed by atoms with van der Waals surface area (Å²) >= 11 is 0. The molecule has 0 aliphatic heterocycles. The van der Waals surface area contributed by atoms with Gasteiger partial charge in [-0.3, -0.25) is 4.57 Å². The summed E-state index contributed by atoms with van der Waals surface area (Å²) in [6.07, 6.45) is 0. The van der Waals surface area contributed by atoms with Crippen LogP contribution in [0.2, 0.25) is 0 Å². The maximum absolute atomic E-state index is 10.4. The highest BCUT2D eigenvalue weighted by molar-refractivity contribution is 7.55. The summed E-state index contributed by atoms with van der Waals surface area (Å²) in [7, 11) is -4.26. The minimum absolute atomic E-state index is 0.358. The molecule has 0 atom stereocenters. The molecule has 4 nitrogen and oxygen atoms in total. The van der Waals surface area contributed by atoms with Crippen molar-refractivity contribution >= 4 is 7.60 Å². The second kappa shape index (κ2) is 3.90. The first-order valence-electron chi connectivity index (χ1n) is 3.35. The third-order valence-electron chi connectivity index (χ3n) is 1.42. The minimum Gasteiger partial charge on any atom is -0.507 e. The van der Waals surface area contributed by atoms with Gasteiger partial charge in [-0.25, -0.2) is 0 Å². The fourth-order valence-corrected chi connectivity index (χ4v) is 1.02. The lowest BCUT2D eigenvalue weighted by atomic mass is 10.1. The summed E-state index contributed by atoms with van der Waals surface area (Å²) in [6, 6.07) is 0. The van der Waals surface area contributed by atoms with Crippen molar-refractivity contribution in [2.45, 2.75) is 20.8 Å². The van der Waals surface area contributed by atoms with E-state index in [2.05, 4.69) is 0 Å². The Hall–Kier alpha value is -0.570. The van der Waals surface area contributed by atoms with Crippen molar-refractivity contribution in [3.63, 3.8) is 0 Å².